The highest BCUT2D eigenvalue weighted by Crippen LogP contribution is 2.32. The smallest absolute Gasteiger partial charge is 0.153 e. The Hall–Kier alpha value is -1.62. The molecule has 2 aliphatic rings. The van der Waals surface area contributed by atoms with Crippen LogP contribution in [-0.4, -0.2) is 39.9 Å². The Morgan fingerprint density at radius 3 is 2.82 bits per heavy atom. The van der Waals surface area contributed by atoms with Gasteiger partial charge in [-0.3, -0.25) is 0 Å². The molecule has 5 nitrogen and oxygen atoms in total. The number of imidazole rings is 1. The minimum Gasteiger partial charge on any atom is -0.377 e. The van der Waals surface area contributed by atoms with Gasteiger partial charge in [-0.05, 0) is 25.0 Å². The van der Waals surface area contributed by atoms with Crippen molar-refractivity contribution in [1.82, 2.24) is 14.6 Å². The van der Waals surface area contributed by atoms with Crippen LogP contribution in [0, 0.1) is 0 Å². The lowest BCUT2D eigenvalue weighted by molar-refractivity contribution is 0.0901. The number of aromatic nitrogens is 3. The topological polar surface area (TPSA) is 42.7 Å². The number of hydrogen-bond acceptors (Lipinski definition) is 4. The van der Waals surface area contributed by atoms with Gasteiger partial charge in [0, 0.05) is 12.4 Å². The van der Waals surface area contributed by atoms with Crippen LogP contribution in [0.25, 0.3) is 5.65 Å². The van der Waals surface area contributed by atoms with Gasteiger partial charge in [-0.15, -0.1) is 5.10 Å². The number of rotatable bonds is 1. The molecule has 0 N–H and O–H groups in total. The van der Waals surface area contributed by atoms with Crippen LogP contribution in [0.4, 0.5) is 5.82 Å². The molecule has 2 aliphatic heterocycles. The van der Waals surface area contributed by atoms with Gasteiger partial charge in [0.1, 0.15) is 5.82 Å². The molecule has 2 bridgehead atoms. The summed E-state index contributed by atoms with van der Waals surface area (Å²) in [4.78, 5) is 6.64. The number of anilines is 1. The largest absolute Gasteiger partial charge is 0.377 e. The normalized spacial score (nSPS) is 27.9. The van der Waals surface area contributed by atoms with Crippen molar-refractivity contribution in [2.75, 3.05) is 18.1 Å². The molecule has 0 aromatic carbocycles. The molecule has 0 saturated carbocycles. The van der Waals surface area contributed by atoms with Gasteiger partial charge in [-0.25, -0.2) is 9.50 Å². The number of hydrogen-bond donors (Lipinski definition) is 0. The third-order valence-corrected chi connectivity index (χ3v) is 3.75. The Morgan fingerprint density at radius 2 is 2.00 bits per heavy atom. The van der Waals surface area contributed by atoms with Crippen molar-refractivity contribution in [2.24, 2.45) is 0 Å². The van der Waals surface area contributed by atoms with Crippen molar-refractivity contribution in [2.45, 2.75) is 24.9 Å². The third-order valence-electron chi connectivity index (χ3n) is 3.75. The molecule has 88 valence electrons. The van der Waals surface area contributed by atoms with E-state index in [0.29, 0.717) is 12.1 Å². The molecule has 2 aromatic heterocycles. The third kappa shape index (κ3) is 1.35. The van der Waals surface area contributed by atoms with Gasteiger partial charge in [0.2, 0.25) is 0 Å². The molecule has 0 aliphatic carbocycles. The molecule has 0 radical (unpaired) electrons. The lowest BCUT2D eigenvalue weighted by Gasteiger charge is -2.35. The van der Waals surface area contributed by atoms with E-state index in [9.17, 15) is 0 Å². The van der Waals surface area contributed by atoms with Gasteiger partial charge < -0.3 is 9.64 Å². The van der Waals surface area contributed by atoms with Gasteiger partial charge >= 0.3 is 0 Å². The summed E-state index contributed by atoms with van der Waals surface area (Å²) >= 11 is 0. The average molecular weight is 230 g/mol. The average Bonchev–Trinajstić information content (AvgIpc) is 2.91. The van der Waals surface area contributed by atoms with Crippen LogP contribution in [0.15, 0.2) is 24.5 Å². The second-order valence-electron chi connectivity index (χ2n) is 4.75. The van der Waals surface area contributed by atoms with Crippen LogP contribution < -0.4 is 4.90 Å². The van der Waals surface area contributed by atoms with Crippen LogP contribution in [0.1, 0.15) is 12.8 Å². The van der Waals surface area contributed by atoms with Gasteiger partial charge in [-0.2, -0.15) is 0 Å². The van der Waals surface area contributed by atoms with E-state index in [1.807, 2.05) is 16.8 Å². The quantitative estimate of drug-likeness (QED) is 0.735. The summed E-state index contributed by atoms with van der Waals surface area (Å²) in [5, 5.41) is 4.62. The Labute approximate surface area is 99.0 Å². The zero-order valence-electron chi connectivity index (χ0n) is 9.49. The molecule has 0 spiro atoms. The van der Waals surface area contributed by atoms with Gasteiger partial charge in [0.05, 0.1) is 25.3 Å². The Balaban J connectivity index is 1.78. The molecule has 2 atom stereocenters. The highest BCUT2D eigenvalue weighted by Gasteiger charge is 2.38. The molecule has 2 fully saturated rings. The van der Waals surface area contributed by atoms with Crippen LogP contribution in [0.3, 0.4) is 0 Å². The first-order valence-electron chi connectivity index (χ1n) is 6.08. The van der Waals surface area contributed by atoms with Crippen LogP contribution in [0.5, 0.6) is 0 Å². The van der Waals surface area contributed by atoms with Crippen molar-refractivity contribution in [3.8, 4) is 0 Å². The van der Waals surface area contributed by atoms with Crippen molar-refractivity contribution >= 4 is 11.5 Å². The molecule has 0 amide bonds. The summed E-state index contributed by atoms with van der Waals surface area (Å²) in [5.74, 6) is 1.05. The predicted molar refractivity (Wildman–Crippen MR) is 63.1 cm³/mol. The van der Waals surface area contributed by atoms with E-state index >= 15 is 0 Å². The van der Waals surface area contributed by atoms with E-state index in [4.69, 9.17) is 4.74 Å². The minimum atomic E-state index is 0.502. The van der Waals surface area contributed by atoms with Gasteiger partial charge in [-0.1, -0.05) is 0 Å². The lowest BCUT2D eigenvalue weighted by Crippen LogP contribution is -2.46. The van der Waals surface area contributed by atoms with Crippen LogP contribution in [0.2, 0.25) is 0 Å². The molecule has 5 heteroatoms. The standard InChI is InChI=1S/C12H14N4O/c1-2-10-8-17-7-9(1)16(10)12-4-3-11-13-5-6-15(11)14-12/h3-6,9-10H,1-2,7-8H2. The fourth-order valence-electron chi connectivity index (χ4n) is 2.95. The van der Waals surface area contributed by atoms with Crippen LogP contribution in [-0.2, 0) is 4.74 Å². The molecule has 2 unspecified atom stereocenters. The fourth-order valence-corrected chi connectivity index (χ4v) is 2.95. The fraction of sp³-hybridized carbons (Fsp3) is 0.500. The SMILES string of the molecule is c1cn2nc(N3C4CCC3COC4)ccc2n1. The molecule has 4 rings (SSSR count). The van der Waals surface area contributed by atoms with Gasteiger partial charge in [0.15, 0.2) is 5.65 Å². The maximum atomic E-state index is 5.59. The lowest BCUT2D eigenvalue weighted by atomic mass is 10.2. The van der Waals surface area contributed by atoms with E-state index in [2.05, 4.69) is 21.0 Å². The number of morpholine rings is 1. The van der Waals surface area contributed by atoms with E-state index in [0.717, 1.165) is 24.7 Å². The summed E-state index contributed by atoms with van der Waals surface area (Å²) in [6.07, 6.45) is 6.10. The monoisotopic (exact) mass is 230 g/mol. The highest BCUT2D eigenvalue weighted by molar-refractivity contribution is 5.48. The molecule has 4 heterocycles. The Bertz CT molecular complexity index is 536. The summed E-state index contributed by atoms with van der Waals surface area (Å²) in [6, 6.07) is 5.10. The Morgan fingerprint density at radius 1 is 1.18 bits per heavy atom. The minimum absolute atomic E-state index is 0.502. The maximum Gasteiger partial charge on any atom is 0.153 e. The number of nitrogens with zero attached hydrogens (tertiary/aromatic N) is 4. The van der Waals surface area contributed by atoms with Gasteiger partial charge in [0.25, 0.3) is 0 Å². The second kappa shape index (κ2) is 3.43. The molecular formula is C12H14N4O. The number of fused-ring (bicyclic) bond motifs is 3. The van der Waals surface area contributed by atoms with E-state index < -0.39 is 0 Å². The summed E-state index contributed by atoms with van der Waals surface area (Å²) in [5.41, 5.74) is 0.898. The van der Waals surface area contributed by atoms with Crippen molar-refractivity contribution < 1.29 is 4.74 Å². The van der Waals surface area contributed by atoms with E-state index in [1.54, 1.807) is 6.20 Å². The van der Waals surface area contributed by atoms with E-state index in [1.165, 1.54) is 12.8 Å². The maximum absolute atomic E-state index is 5.59. The molecule has 2 saturated heterocycles. The van der Waals surface area contributed by atoms with E-state index in [-0.39, 0.29) is 0 Å². The zero-order chi connectivity index (χ0) is 11.2. The van der Waals surface area contributed by atoms with Crippen molar-refractivity contribution in [3.63, 3.8) is 0 Å². The zero-order valence-corrected chi connectivity index (χ0v) is 9.49. The van der Waals surface area contributed by atoms with Crippen molar-refractivity contribution in [1.29, 1.82) is 0 Å². The summed E-state index contributed by atoms with van der Waals surface area (Å²) in [7, 11) is 0. The van der Waals surface area contributed by atoms with Crippen LogP contribution >= 0.6 is 0 Å². The molecule has 2 aromatic rings. The second-order valence-corrected chi connectivity index (χ2v) is 4.75. The first kappa shape index (κ1) is 9.41. The molecule has 17 heavy (non-hydrogen) atoms. The summed E-state index contributed by atoms with van der Waals surface area (Å²) < 4.78 is 7.43. The summed E-state index contributed by atoms with van der Waals surface area (Å²) in [6.45, 7) is 1.67. The van der Waals surface area contributed by atoms with Crippen molar-refractivity contribution in [3.05, 3.63) is 24.5 Å². The predicted octanol–water partition coefficient (Wildman–Crippen LogP) is 1.10. The highest BCUT2D eigenvalue weighted by atomic mass is 16.5. The Kier molecular flexibility index (Phi) is 1.90. The first-order chi connectivity index (χ1) is 8.42. The number of ether oxygens (including phenoxy) is 1. The first-order valence-corrected chi connectivity index (χ1v) is 6.08. The molecular weight excluding hydrogens is 216 g/mol.